The van der Waals surface area contributed by atoms with Crippen LogP contribution in [0.25, 0.3) is 0 Å². The zero-order valence-electron chi connectivity index (χ0n) is 9.33. The van der Waals surface area contributed by atoms with E-state index in [0.717, 1.165) is 18.2 Å². The molecule has 1 aromatic heterocycles. The number of amides is 1. The largest absolute Gasteiger partial charge is 0.345 e. The van der Waals surface area contributed by atoms with Crippen LogP contribution in [0, 0.1) is 15.9 Å². The molecule has 0 bridgehead atoms. The summed E-state index contributed by atoms with van der Waals surface area (Å²) in [5, 5.41) is 25.6. The number of halogens is 1. The number of aromatic nitrogens is 4. The number of aromatic amines is 1. The van der Waals surface area contributed by atoms with Crippen molar-refractivity contribution < 1.29 is 14.1 Å². The number of rotatable bonds is 4. The topological polar surface area (TPSA) is 127 Å². The fourth-order valence-electron chi connectivity index (χ4n) is 1.33. The summed E-state index contributed by atoms with van der Waals surface area (Å²) in [6.07, 6.45) is 0. The Hall–Kier alpha value is -2.91. The maximum atomic E-state index is 13.1. The van der Waals surface area contributed by atoms with Crippen LogP contribution in [0.3, 0.4) is 0 Å². The summed E-state index contributed by atoms with van der Waals surface area (Å²) in [7, 11) is 0. The Balaban J connectivity index is 2.12. The molecule has 0 atom stereocenters. The molecule has 0 radical (unpaired) electrons. The molecule has 19 heavy (non-hydrogen) atoms. The number of hydrogen-bond acceptors (Lipinski definition) is 6. The number of H-pyrrole nitrogens is 1. The first-order valence-corrected chi connectivity index (χ1v) is 5.02. The number of benzene rings is 1. The molecule has 0 aliphatic rings. The van der Waals surface area contributed by atoms with Crippen LogP contribution in [0.15, 0.2) is 18.2 Å². The van der Waals surface area contributed by atoms with Crippen molar-refractivity contribution >= 4 is 11.6 Å². The predicted octanol–water partition coefficient (Wildman–Crippen LogP) is 0.177. The Kier molecular flexibility index (Phi) is 3.41. The minimum Gasteiger partial charge on any atom is -0.345 e. The van der Waals surface area contributed by atoms with Gasteiger partial charge in [0.15, 0.2) is 5.82 Å². The molecular weight excluding hydrogens is 259 g/mol. The van der Waals surface area contributed by atoms with Gasteiger partial charge >= 0.3 is 0 Å². The molecule has 0 spiro atoms. The number of carbonyl (C=O) groups is 1. The number of tetrazole rings is 1. The van der Waals surface area contributed by atoms with Crippen LogP contribution >= 0.6 is 0 Å². The van der Waals surface area contributed by atoms with Gasteiger partial charge < -0.3 is 5.32 Å². The third kappa shape index (κ3) is 3.06. The molecule has 0 aliphatic heterocycles. The number of hydrogen-bond donors (Lipinski definition) is 2. The van der Waals surface area contributed by atoms with Gasteiger partial charge in [-0.05, 0) is 6.07 Å². The van der Waals surface area contributed by atoms with Crippen LogP contribution in [0.5, 0.6) is 0 Å². The lowest BCUT2D eigenvalue weighted by atomic mass is 10.2. The van der Waals surface area contributed by atoms with Gasteiger partial charge in [-0.3, -0.25) is 14.9 Å². The Bertz CT molecular complexity index is 614. The van der Waals surface area contributed by atoms with Gasteiger partial charge in [0.1, 0.15) is 5.82 Å². The molecule has 2 N–H and O–H groups in total. The van der Waals surface area contributed by atoms with E-state index in [1.54, 1.807) is 0 Å². The van der Waals surface area contributed by atoms with Crippen molar-refractivity contribution in [3.05, 3.63) is 45.5 Å². The van der Waals surface area contributed by atoms with Crippen LogP contribution in [0.1, 0.15) is 16.2 Å². The van der Waals surface area contributed by atoms with E-state index in [-0.39, 0.29) is 17.9 Å². The summed E-state index contributed by atoms with van der Waals surface area (Å²) in [5.41, 5.74) is -0.653. The van der Waals surface area contributed by atoms with Gasteiger partial charge in [0.2, 0.25) is 0 Å². The van der Waals surface area contributed by atoms with Crippen LogP contribution < -0.4 is 5.32 Å². The molecule has 1 heterocycles. The summed E-state index contributed by atoms with van der Waals surface area (Å²) < 4.78 is 13.1. The van der Waals surface area contributed by atoms with Gasteiger partial charge in [-0.1, -0.05) is 5.21 Å². The van der Waals surface area contributed by atoms with E-state index in [0.29, 0.717) is 0 Å². The van der Waals surface area contributed by atoms with Crippen molar-refractivity contribution in [2.75, 3.05) is 0 Å². The Morgan fingerprint density at radius 2 is 2.26 bits per heavy atom. The molecule has 0 saturated heterocycles. The van der Waals surface area contributed by atoms with E-state index in [2.05, 4.69) is 25.9 Å². The maximum absolute atomic E-state index is 13.1. The first-order chi connectivity index (χ1) is 9.06. The number of nitro groups is 1. The summed E-state index contributed by atoms with van der Waals surface area (Å²) in [5.74, 6) is -1.30. The highest BCUT2D eigenvalue weighted by atomic mass is 19.1. The number of nitro benzene ring substituents is 1. The lowest BCUT2D eigenvalue weighted by Gasteiger charge is -2.02. The molecule has 0 unspecified atom stereocenters. The molecule has 0 fully saturated rings. The van der Waals surface area contributed by atoms with Gasteiger partial charge in [-0.25, -0.2) is 4.39 Å². The first-order valence-electron chi connectivity index (χ1n) is 5.02. The molecular formula is C9H7FN6O3. The maximum Gasteiger partial charge on any atom is 0.273 e. The second-order valence-electron chi connectivity index (χ2n) is 3.47. The molecule has 2 rings (SSSR count). The fourth-order valence-corrected chi connectivity index (χ4v) is 1.33. The average Bonchev–Trinajstić information content (AvgIpc) is 2.88. The van der Waals surface area contributed by atoms with Crippen molar-refractivity contribution in [1.82, 2.24) is 25.9 Å². The van der Waals surface area contributed by atoms with Crippen molar-refractivity contribution in [1.29, 1.82) is 0 Å². The van der Waals surface area contributed by atoms with E-state index in [1.807, 2.05) is 0 Å². The number of nitrogens with one attached hydrogen (secondary N) is 2. The highest BCUT2D eigenvalue weighted by molar-refractivity contribution is 5.94. The summed E-state index contributed by atoms with van der Waals surface area (Å²) in [6.45, 7) is -0.0281. The standard InChI is InChI=1S/C9H7FN6O3/c10-6-1-5(2-7(3-6)16(18)19)9(17)11-4-8-12-14-15-13-8/h1-3H,4H2,(H,11,17)(H,12,13,14,15). The molecule has 10 heteroatoms. The molecule has 98 valence electrons. The molecule has 0 saturated carbocycles. The van der Waals surface area contributed by atoms with Gasteiger partial charge in [0.25, 0.3) is 11.6 Å². The Morgan fingerprint density at radius 3 is 2.89 bits per heavy atom. The first kappa shape index (κ1) is 12.5. The van der Waals surface area contributed by atoms with Crippen LogP contribution in [-0.4, -0.2) is 31.5 Å². The van der Waals surface area contributed by atoms with E-state index in [4.69, 9.17) is 0 Å². The Morgan fingerprint density at radius 1 is 1.47 bits per heavy atom. The smallest absolute Gasteiger partial charge is 0.273 e. The molecule has 0 aliphatic carbocycles. The lowest BCUT2D eigenvalue weighted by Crippen LogP contribution is -2.23. The van der Waals surface area contributed by atoms with Crippen molar-refractivity contribution in [3.63, 3.8) is 0 Å². The van der Waals surface area contributed by atoms with E-state index in [1.165, 1.54) is 0 Å². The number of nitrogens with zero attached hydrogens (tertiary/aromatic N) is 4. The summed E-state index contributed by atoms with van der Waals surface area (Å²) >= 11 is 0. The van der Waals surface area contributed by atoms with Crippen molar-refractivity contribution in [2.45, 2.75) is 6.54 Å². The predicted molar refractivity (Wildman–Crippen MR) is 58.4 cm³/mol. The van der Waals surface area contributed by atoms with E-state index >= 15 is 0 Å². The fraction of sp³-hybridized carbons (Fsp3) is 0.111. The van der Waals surface area contributed by atoms with Crippen molar-refractivity contribution in [2.24, 2.45) is 0 Å². The van der Waals surface area contributed by atoms with Gasteiger partial charge in [0.05, 0.1) is 17.5 Å². The second kappa shape index (κ2) is 5.16. The highest BCUT2D eigenvalue weighted by Crippen LogP contribution is 2.16. The normalized spacial score (nSPS) is 10.2. The van der Waals surface area contributed by atoms with Gasteiger partial charge in [-0.2, -0.15) is 5.21 Å². The zero-order valence-corrected chi connectivity index (χ0v) is 9.33. The minimum atomic E-state index is -0.862. The molecule has 2 aromatic rings. The monoisotopic (exact) mass is 266 g/mol. The summed E-state index contributed by atoms with van der Waals surface area (Å²) in [4.78, 5) is 21.4. The molecule has 9 nitrogen and oxygen atoms in total. The lowest BCUT2D eigenvalue weighted by molar-refractivity contribution is -0.385. The SMILES string of the molecule is O=C(NCc1nn[nH]n1)c1cc(F)cc([N+](=O)[O-])c1. The zero-order chi connectivity index (χ0) is 13.8. The van der Waals surface area contributed by atoms with Crippen LogP contribution in [0.4, 0.5) is 10.1 Å². The minimum absolute atomic E-state index is 0.0281. The second-order valence-corrected chi connectivity index (χ2v) is 3.47. The van der Waals surface area contributed by atoms with Crippen LogP contribution in [-0.2, 0) is 6.54 Å². The number of carbonyl (C=O) groups excluding carboxylic acids is 1. The summed E-state index contributed by atoms with van der Waals surface area (Å²) in [6, 6.07) is 2.61. The average molecular weight is 266 g/mol. The molecule has 1 aromatic carbocycles. The van der Waals surface area contributed by atoms with E-state index in [9.17, 15) is 19.3 Å². The highest BCUT2D eigenvalue weighted by Gasteiger charge is 2.14. The third-order valence-electron chi connectivity index (χ3n) is 2.15. The Labute approximate surface area is 105 Å². The van der Waals surface area contributed by atoms with Gasteiger partial charge in [0, 0.05) is 11.6 Å². The molecule has 1 amide bonds. The quantitative estimate of drug-likeness (QED) is 0.600. The number of non-ortho nitro benzene ring substituents is 1. The van der Waals surface area contributed by atoms with Crippen molar-refractivity contribution in [3.8, 4) is 0 Å². The third-order valence-corrected chi connectivity index (χ3v) is 2.15. The van der Waals surface area contributed by atoms with E-state index < -0.39 is 22.3 Å². The van der Waals surface area contributed by atoms with Gasteiger partial charge in [-0.15, -0.1) is 10.2 Å². The van der Waals surface area contributed by atoms with Crippen LogP contribution in [0.2, 0.25) is 0 Å².